The number of ether oxygens (including phenoxy) is 2. The van der Waals surface area contributed by atoms with Crippen LogP contribution in [0.4, 0.5) is 11.4 Å². The van der Waals surface area contributed by atoms with Crippen LogP contribution in [0.15, 0.2) is 34.9 Å². The number of nitro groups is 1. The van der Waals surface area contributed by atoms with E-state index in [1.165, 1.54) is 31.6 Å². The maximum absolute atomic E-state index is 12.3. The van der Waals surface area contributed by atoms with E-state index < -0.39 is 16.9 Å². The van der Waals surface area contributed by atoms with Crippen LogP contribution in [0.5, 0.6) is 0 Å². The van der Waals surface area contributed by atoms with Crippen molar-refractivity contribution in [3.63, 3.8) is 0 Å². The molecule has 0 saturated carbocycles. The minimum absolute atomic E-state index is 0.0543. The number of methoxy groups -OCH3 is 1. The number of carbonyl (C=O) groups excluding carboxylic acids is 2. The number of rotatable bonds is 6. The van der Waals surface area contributed by atoms with Crippen molar-refractivity contribution in [1.82, 2.24) is 0 Å². The molecule has 0 spiro atoms. The van der Waals surface area contributed by atoms with Crippen molar-refractivity contribution in [2.45, 2.75) is 25.9 Å². The van der Waals surface area contributed by atoms with E-state index >= 15 is 0 Å². The van der Waals surface area contributed by atoms with Crippen molar-refractivity contribution in [2.75, 3.05) is 25.1 Å². The van der Waals surface area contributed by atoms with Gasteiger partial charge in [0.1, 0.15) is 11.3 Å². The summed E-state index contributed by atoms with van der Waals surface area (Å²) >= 11 is 0. The zero-order chi connectivity index (χ0) is 20.1. The van der Waals surface area contributed by atoms with E-state index in [1.54, 1.807) is 6.07 Å². The van der Waals surface area contributed by atoms with Crippen LogP contribution in [0, 0.1) is 10.1 Å². The van der Waals surface area contributed by atoms with Gasteiger partial charge in [-0.3, -0.25) is 10.1 Å². The van der Waals surface area contributed by atoms with Gasteiger partial charge in [-0.15, -0.1) is 0 Å². The topological polar surface area (TPSA) is 112 Å². The fraction of sp³-hybridized carbons (Fsp3) is 0.368. The van der Waals surface area contributed by atoms with E-state index in [0.717, 1.165) is 32.4 Å². The Kier molecular flexibility index (Phi) is 5.93. The van der Waals surface area contributed by atoms with Gasteiger partial charge in [-0.25, -0.2) is 9.59 Å². The first kappa shape index (κ1) is 19.4. The van der Waals surface area contributed by atoms with Gasteiger partial charge in [-0.1, -0.05) is 0 Å². The average molecular weight is 388 g/mol. The molecule has 1 aliphatic rings. The molecule has 0 bridgehead atoms. The smallest absolute Gasteiger partial charge is 0.341 e. The first-order chi connectivity index (χ1) is 13.5. The van der Waals surface area contributed by atoms with E-state index in [4.69, 9.17) is 9.15 Å². The lowest BCUT2D eigenvalue weighted by molar-refractivity contribution is -0.384. The van der Waals surface area contributed by atoms with Gasteiger partial charge in [0.05, 0.1) is 23.9 Å². The number of esters is 2. The van der Waals surface area contributed by atoms with Crippen LogP contribution in [0.1, 0.15) is 45.7 Å². The first-order valence-electron chi connectivity index (χ1n) is 8.86. The van der Waals surface area contributed by atoms with E-state index in [1.807, 2.05) is 4.90 Å². The highest BCUT2D eigenvalue weighted by Gasteiger charge is 2.24. The molecule has 2 heterocycles. The molecule has 3 rings (SSSR count). The van der Waals surface area contributed by atoms with Crippen molar-refractivity contribution in [1.29, 1.82) is 0 Å². The lowest BCUT2D eigenvalue weighted by Crippen LogP contribution is -2.30. The molecule has 9 heteroatoms. The maximum atomic E-state index is 12.3. The molecule has 0 aliphatic carbocycles. The van der Waals surface area contributed by atoms with Crippen molar-refractivity contribution < 1.29 is 28.4 Å². The Morgan fingerprint density at radius 2 is 1.93 bits per heavy atom. The monoisotopic (exact) mass is 388 g/mol. The Balaban J connectivity index is 1.75. The minimum atomic E-state index is -0.750. The van der Waals surface area contributed by atoms with Gasteiger partial charge in [-0.2, -0.15) is 0 Å². The number of hydrogen-bond acceptors (Lipinski definition) is 8. The Labute approximate surface area is 161 Å². The molecule has 0 atom stereocenters. The second kappa shape index (κ2) is 8.55. The normalized spacial score (nSPS) is 13.8. The number of piperidine rings is 1. The molecule has 0 amide bonds. The van der Waals surface area contributed by atoms with Gasteiger partial charge in [0, 0.05) is 19.2 Å². The van der Waals surface area contributed by atoms with E-state index in [2.05, 4.69) is 4.74 Å². The molecule has 0 N–H and O–H groups in total. The van der Waals surface area contributed by atoms with Crippen LogP contribution in [-0.2, 0) is 16.1 Å². The fourth-order valence-electron chi connectivity index (χ4n) is 3.16. The largest absolute Gasteiger partial charge is 0.465 e. The molecule has 1 fully saturated rings. The van der Waals surface area contributed by atoms with Gasteiger partial charge in [0.2, 0.25) is 0 Å². The third-order valence-electron chi connectivity index (χ3n) is 4.59. The van der Waals surface area contributed by atoms with Crippen LogP contribution in [-0.4, -0.2) is 37.1 Å². The quantitative estimate of drug-likeness (QED) is 0.421. The molecule has 1 saturated heterocycles. The first-order valence-corrected chi connectivity index (χ1v) is 8.86. The Bertz CT molecular complexity index is 884. The highest BCUT2D eigenvalue weighted by atomic mass is 16.6. The number of carbonyl (C=O) groups is 2. The zero-order valence-electron chi connectivity index (χ0n) is 15.4. The number of hydrogen-bond donors (Lipinski definition) is 0. The summed E-state index contributed by atoms with van der Waals surface area (Å²) in [6.07, 6.45) is 4.35. The SMILES string of the molecule is COC(=O)c1ccoc1COC(=O)c1ccc(N2CCCCC2)c([N+](=O)[O-])c1. The highest BCUT2D eigenvalue weighted by Crippen LogP contribution is 2.31. The second-order valence-corrected chi connectivity index (χ2v) is 6.33. The molecule has 0 radical (unpaired) electrons. The molecule has 1 aromatic carbocycles. The molecule has 0 unspecified atom stereocenters. The molecule has 1 aromatic heterocycles. The third kappa shape index (κ3) is 4.13. The standard InChI is InChI=1S/C19H20N2O7/c1-26-19(23)14-7-10-27-17(14)12-28-18(22)13-5-6-15(16(11-13)21(24)25)20-8-3-2-4-9-20/h5-7,10-11H,2-4,8-9,12H2,1H3. The maximum Gasteiger partial charge on any atom is 0.341 e. The lowest BCUT2D eigenvalue weighted by atomic mass is 10.1. The van der Waals surface area contributed by atoms with E-state index in [0.29, 0.717) is 5.69 Å². The van der Waals surface area contributed by atoms with E-state index in [-0.39, 0.29) is 29.2 Å². The fourth-order valence-corrected chi connectivity index (χ4v) is 3.16. The summed E-state index contributed by atoms with van der Waals surface area (Å²) in [7, 11) is 1.23. The molecule has 2 aromatic rings. The molecule has 9 nitrogen and oxygen atoms in total. The summed E-state index contributed by atoms with van der Waals surface area (Å²) in [5.41, 5.74) is 0.574. The molecule has 148 valence electrons. The minimum Gasteiger partial charge on any atom is -0.465 e. The van der Waals surface area contributed by atoms with Crippen LogP contribution >= 0.6 is 0 Å². The van der Waals surface area contributed by atoms with Crippen LogP contribution < -0.4 is 4.90 Å². The molecular formula is C19H20N2O7. The summed E-state index contributed by atoms with van der Waals surface area (Å²) in [5, 5.41) is 11.5. The Hall–Kier alpha value is -3.36. The number of anilines is 1. The molecule has 28 heavy (non-hydrogen) atoms. The second-order valence-electron chi connectivity index (χ2n) is 6.33. The summed E-state index contributed by atoms with van der Waals surface area (Å²) < 4.78 is 14.9. The zero-order valence-corrected chi connectivity index (χ0v) is 15.4. The van der Waals surface area contributed by atoms with Gasteiger partial charge in [0.15, 0.2) is 12.4 Å². The predicted molar refractivity (Wildman–Crippen MR) is 98.3 cm³/mol. The van der Waals surface area contributed by atoms with Crippen molar-refractivity contribution in [3.05, 3.63) is 57.5 Å². The number of nitrogens with zero attached hydrogens (tertiary/aromatic N) is 2. The highest BCUT2D eigenvalue weighted by molar-refractivity contribution is 5.92. The number of nitro benzene ring substituents is 1. The molecular weight excluding hydrogens is 368 g/mol. The van der Waals surface area contributed by atoms with Crippen molar-refractivity contribution in [2.24, 2.45) is 0 Å². The van der Waals surface area contributed by atoms with Crippen molar-refractivity contribution >= 4 is 23.3 Å². The Morgan fingerprint density at radius 3 is 2.61 bits per heavy atom. The molecule has 1 aliphatic heterocycles. The van der Waals surface area contributed by atoms with Gasteiger partial charge < -0.3 is 18.8 Å². The van der Waals surface area contributed by atoms with E-state index in [9.17, 15) is 19.7 Å². The summed E-state index contributed by atoms with van der Waals surface area (Å²) in [4.78, 5) is 36.9. The van der Waals surface area contributed by atoms with Gasteiger partial charge in [0.25, 0.3) is 5.69 Å². The number of furan rings is 1. The summed E-state index contributed by atoms with van der Waals surface area (Å²) in [6.45, 7) is 1.21. The van der Waals surface area contributed by atoms with Crippen LogP contribution in [0.3, 0.4) is 0 Å². The van der Waals surface area contributed by atoms with Crippen LogP contribution in [0.2, 0.25) is 0 Å². The van der Waals surface area contributed by atoms with Crippen molar-refractivity contribution in [3.8, 4) is 0 Å². The average Bonchev–Trinajstić information content (AvgIpc) is 3.20. The lowest BCUT2D eigenvalue weighted by Gasteiger charge is -2.28. The Morgan fingerprint density at radius 1 is 1.18 bits per heavy atom. The predicted octanol–water partition coefficient (Wildman–Crippen LogP) is 3.32. The summed E-state index contributed by atoms with van der Waals surface area (Å²) in [5.74, 6) is -1.22. The number of benzene rings is 1. The van der Waals surface area contributed by atoms with Gasteiger partial charge >= 0.3 is 11.9 Å². The third-order valence-corrected chi connectivity index (χ3v) is 4.59. The van der Waals surface area contributed by atoms with Gasteiger partial charge in [-0.05, 0) is 37.5 Å². The summed E-state index contributed by atoms with van der Waals surface area (Å²) in [6, 6.07) is 5.71. The van der Waals surface area contributed by atoms with Crippen LogP contribution in [0.25, 0.3) is 0 Å².